The van der Waals surface area contributed by atoms with Crippen LogP contribution in [0.5, 0.6) is 0 Å². The Balaban J connectivity index is 1.97. The Morgan fingerprint density at radius 3 is 2.45 bits per heavy atom. The lowest BCUT2D eigenvalue weighted by Crippen LogP contribution is -2.27. The van der Waals surface area contributed by atoms with Gasteiger partial charge < -0.3 is 5.11 Å². The molecule has 154 valence electrons. The molecule has 0 saturated carbocycles. The number of carboxylic acids is 1. The van der Waals surface area contributed by atoms with Crippen LogP contribution < -0.4 is 4.72 Å². The summed E-state index contributed by atoms with van der Waals surface area (Å²) in [4.78, 5) is 10.6. The zero-order valence-electron chi connectivity index (χ0n) is 15.0. The third-order valence-electron chi connectivity index (χ3n) is 4.25. The molecule has 0 bridgehead atoms. The monoisotopic (exact) mass is 443 g/mol. The summed E-state index contributed by atoms with van der Waals surface area (Å²) in [5, 5.41) is 9.11. The maximum Gasteiger partial charge on any atom is 0.344 e. The van der Waals surface area contributed by atoms with Gasteiger partial charge in [0.25, 0.3) is 15.9 Å². The Labute approximate surface area is 169 Å². The van der Waals surface area contributed by atoms with E-state index in [1.54, 1.807) is 30.3 Å². The van der Waals surface area contributed by atoms with Crippen LogP contribution in [0.4, 0.5) is 13.2 Å². The number of alkyl halides is 2. The van der Waals surface area contributed by atoms with Crippen molar-refractivity contribution in [3.8, 4) is 0 Å². The predicted molar refractivity (Wildman–Crippen MR) is 102 cm³/mol. The molecule has 0 spiro atoms. The van der Waals surface area contributed by atoms with E-state index in [-0.39, 0.29) is 22.3 Å². The summed E-state index contributed by atoms with van der Waals surface area (Å²) < 4.78 is 68.8. The number of carbonyl (C=O) groups is 1. The second-order valence-electron chi connectivity index (χ2n) is 6.47. The van der Waals surface area contributed by atoms with Crippen molar-refractivity contribution in [3.63, 3.8) is 0 Å². The van der Waals surface area contributed by atoms with Crippen molar-refractivity contribution in [1.29, 1.82) is 0 Å². The highest BCUT2D eigenvalue weighted by atomic mass is 32.2. The van der Waals surface area contributed by atoms with Gasteiger partial charge in [-0.15, -0.1) is 11.8 Å². The normalized spacial score (nSPS) is 17.4. The van der Waals surface area contributed by atoms with Gasteiger partial charge in [-0.1, -0.05) is 30.3 Å². The highest BCUT2D eigenvalue weighted by Gasteiger charge is 2.36. The van der Waals surface area contributed by atoms with Gasteiger partial charge in [-0.3, -0.25) is 4.72 Å². The summed E-state index contributed by atoms with van der Waals surface area (Å²) in [6.07, 6.45) is 0.0502. The maximum atomic E-state index is 13.9. The van der Waals surface area contributed by atoms with Gasteiger partial charge >= 0.3 is 5.97 Å². The van der Waals surface area contributed by atoms with Crippen molar-refractivity contribution < 1.29 is 31.5 Å². The number of halogens is 3. The molecular formula is C19H16F3NO4S2. The van der Waals surface area contributed by atoms with Gasteiger partial charge in [0.2, 0.25) is 0 Å². The van der Waals surface area contributed by atoms with Gasteiger partial charge in [0.15, 0.2) is 0 Å². The quantitative estimate of drug-likeness (QED) is 0.692. The first-order valence-electron chi connectivity index (χ1n) is 8.38. The number of hydrogen-bond donors (Lipinski definition) is 2. The van der Waals surface area contributed by atoms with Crippen molar-refractivity contribution in [1.82, 2.24) is 4.72 Å². The number of aliphatic carboxylic acids is 1. The van der Waals surface area contributed by atoms with Gasteiger partial charge in [-0.25, -0.2) is 26.4 Å². The molecule has 3 rings (SSSR count). The van der Waals surface area contributed by atoms with Gasteiger partial charge in [-0.2, -0.15) is 0 Å². The van der Waals surface area contributed by atoms with Crippen LogP contribution in [0, 0.1) is 5.82 Å². The van der Waals surface area contributed by atoms with E-state index >= 15 is 0 Å². The summed E-state index contributed by atoms with van der Waals surface area (Å²) in [5.74, 6) is -5.95. The fourth-order valence-electron chi connectivity index (χ4n) is 2.95. The Hall–Kier alpha value is -2.46. The third-order valence-corrected chi connectivity index (χ3v) is 7.08. The van der Waals surface area contributed by atoms with Crippen LogP contribution in [0.3, 0.4) is 0 Å². The average Bonchev–Trinajstić information content (AvgIpc) is 3.05. The lowest BCUT2D eigenvalue weighted by molar-refractivity contribution is -0.131. The summed E-state index contributed by atoms with van der Waals surface area (Å²) in [7, 11) is -4.58. The highest BCUT2D eigenvalue weighted by molar-refractivity contribution is 8.04. The SMILES string of the molecule is CC(F)(F)c1cc(F)ccc1S(=O)(=O)NC1=C(C(=O)O)SC(c2ccccc2)C1. The lowest BCUT2D eigenvalue weighted by atomic mass is 10.1. The smallest absolute Gasteiger partial charge is 0.344 e. The van der Waals surface area contributed by atoms with E-state index < -0.39 is 38.2 Å². The number of benzene rings is 2. The Morgan fingerprint density at radius 1 is 1.21 bits per heavy atom. The number of nitrogens with one attached hydrogen (secondary N) is 1. The molecule has 0 fully saturated rings. The summed E-state index contributed by atoms with van der Waals surface area (Å²) in [6.45, 7) is 0.458. The summed E-state index contributed by atoms with van der Waals surface area (Å²) in [6, 6.07) is 10.8. The molecule has 1 atom stereocenters. The van der Waals surface area contributed by atoms with E-state index in [0.717, 1.165) is 29.5 Å². The van der Waals surface area contributed by atoms with Crippen LogP contribution in [0.15, 0.2) is 64.0 Å². The first-order valence-corrected chi connectivity index (χ1v) is 10.7. The van der Waals surface area contributed by atoms with Crippen molar-refractivity contribution in [3.05, 3.63) is 76.1 Å². The van der Waals surface area contributed by atoms with Crippen molar-refractivity contribution >= 4 is 27.8 Å². The second-order valence-corrected chi connectivity index (χ2v) is 9.33. The van der Waals surface area contributed by atoms with E-state index in [1.165, 1.54) is 0 Å². The van der Waals surface area contributed by atoms with Gasteiger partial charge in [0, 0.05) is 29.9 Å². The zero-order valence-corrected chi connectivity index (χ0v) is 16.7. The molecule has 1 aliphatic heterocycles. The molecule has 5 nitrogen and oxygen atoms in total. The fraction of sp³-hybridized carbons (Fsp3) is 0.211. The van der Waals surface area contributed by atoms with E-state index in [9.17, 15) is 31.5 Å². The molecule has 2 aromatic carbocycles. The first-order chi connectivity index (χ1) is 13.5. The predicted octanol–water partition coefficient (Wildman–Crippen LogP) is 4.39. The molecule has 0 amide bonds. The Morgan fingerprint density at radius 2 is 1.86 bits per heavy atom. The second kappa shape index (κ2) is 7.75. The Bertz CT molecular complexity index is 1080. The van der Waals surface area contributed by atoms with Crippen LogP contribution >= 0.6 is 11.8 Å². The third kappa shape index (κ3) is 4.59. The molecule has 1 unspecified atom stereocenters. The van der Waals surface area contributed by atoms with E-state index in [0.29, 0.717) is 13.0 Å². The zero-order chi connectivity index (χ0) is 21.4. The molecule has 0 radical (unpaired) electrons. The lowest BCUT2D eigenvalue weighted by Gasteiger charge is -2.17. The molecule has 0 aromatic heterocycles. The molecule has 0 aliphatic carbocycles. The standard InChI is InChI=1S/C19H16F3NO4S2/c1-19(21,22)13-9-12(20)7-8-16(13)29(26,27)23-14-10-15(28-17(14)18(24)25)11-5-3-2-4-6-11/h2-9,15,23H,10H2,1H3,(H,24,25). The minimum absolute atomic E-state index is 0.0502. The van der Waals surface area contributed by atoms with Crippen molar-refractivity contribution in [2.45, 2.75) is 29.4 Å². The molecule has 10 heteroatoms. The molecule has 0 saturated heterocycles. The molecule has 2 N–H and O–H groups in total. The van der Waals surface area contributed by atoms with Gasteiger partial charge in [-0.05, 0) is 23.8 Å². The summed E-state index contributed by atoms with van der Waals surface area (Å²) in [5.41, 5.74) is -0.313. The minimum Gasteiger partial charge on any atom is -0.477 e. The number of rotatable bonds is 6. The molecule has 1 aliphatic rings. The minimum atomic E-state index is -4.58. The number of carboxylic acid groups (broad SMARTS) is 1. The van der Waals surface area contributed by atoms with E-state index in [1.807, 2.05) is 0 Å². The largest absolute Gasteiger partial charge is 0.477 e. The molecule has 2 aromatic rings. The van der Waals surface area contributed by atoms with E-state index in [2.05, 4.69) is 4.72 Å². The van der Waals surface area contributed by atoms with Crippen LogP contribution in [0.25, 0.3) is 0 Å². The maximum absolute atomic E-state index is 13.9. The van der Waals surface area contributed by atoms with Crippen LogP contribution in [0.1, 0.15) is 29.7 Å². The fourth-order valence-corrected chi connectivity index (χ4v) is 5.62. The number of sulfonamides is 1. The van der Waals surface area contributed by atoms with Crippen LogP contribution in [0.2, 0.25) is 0 Å². The molecule has 1 heterocycles. The van der Waals surface area contributed by atoms with E-state index in [4.69, 9.17) is 0 Å². The molecule has 29 heavy (non-hydrogen) atoms. The number of hydrogen-bond acceptors (Lipinski definition) is 4. The van der Waals surface area contributed by atoms with Gasteiger partial charge in [0.1, 0.15) is 10.7 Å². The Kier molecular flexibility index (Phi) is 5.68. The van der Waals surface area contributed by atoms with Gasteiger partial charge in [0.05, 0.1) is 4.90 Å². The van der Waals surface area contributed by atoms with Crippen molar-refractivity contribution in [2.75, 3.05) is 0 Å². The first kappa shape index (κ1) is 21.3. The van der Waals surface area contributed by atoms with Crippen molar-refractivity contribution in [2.24, 2.45) is 0 Å². The number of allylic oxidation sites excluding steroid dienone is 1. The molecular weight excluding hydrogens is 427 g/mol. The topological polar surface area (TPSA) is 83.5 Å². The highest BCUT2D eigenvalue weighted by Crippen LogP contribution is 2.47. The summed E-state index contributed by atoms with van der Waals surface area (Å²) >= 11 is 0.973. The number of thioether (sulfide) groups is 1. The van der Waals surface area contributed by atoms with Crippen LogP contribution in [-0.4, -0.2) is 19.5 Å². The average molecular weight is 443 g/mol. The van der Waals surface area contributed by atoms with Crippen LogP contribution in [-0.2, 0) is 20.7 Å².